The minimum Gasteiger partial charge on any atom is -0.400 e. The Kier molecular flexibility index (Phi) is 16.0. The average Bonchev–Trinajstić information content (AvgIpc) is 3.22. The van der Waals surface area contributed by atoms with E-state index in [0.717, 1.165) is 29.5 Å². The summed E-state index contributed by atoms with van der Waals surface area (Å²) < 4.78 is 0. The Labute approximate surface area is 212 Å². The Morgan fingerprint density at radius 2 is 1.67 bits per heavy atom. The van der Waals surface area contributed by atoms with Gasteiger partial charge in [-0.1, -0.05) is 39.0 Å². The van der Waals surface area contributed by atoms with E-state index in [-0.39, 0.29) is 18.9 Å². The number of aliphatic hydroxyl groups excluding tert-OH is 1. The van der Waals surface area contributed by atoms with Gasteiger partial charge in [0.15, 0.2) is 5.96 Å². The first-order chi connectivity index (χ1) is 17.0. The van der Waals surface area contributed by atoms with Gasteiger partial charge < -0.3 is 43.7 Å². The third kappa shape index (κ3) is 13.3. The van der Waals surface area contributed by atoms with Crippen LogP contribution >= 0.6 is 0 Å². The van der Waals surface area contributed by atoms with Crippen molar-refractivity contribution in [3.63, 3.8) is 0 Å². The quantitative estimate of drug-likeness (QED) is 0.112. The number of aliphatic hydroxyl groups is 1. The molecule has 3 amide bonds. The Morgan fingerprint density at radius 3 is 2.25 bits per heavy atom. The van der Waals surface area contributed by atoms with Crippen LogP contribution in [0.2, 0.25) is 0 Å². The highest BCUT2D eigenvalue weighted by Gasteiger charge is 2.24. The number of carbonyl (C=O) groups is 3. The maximum Gasteiger partial charge on any atom is 0.243 e. The number of nitrogens with two attached hydrogens (primary N) is 4. The summed E-state index contributed by atoms with van der Waals surface area (Å²) in [5.74, 6) is -0.938. The molecule has 12 nitrogen and oxygen atoms in total. The van der Waals surface area contributed by atoms with Crippen molar-refractivity contribution in [3.05, 3.63) is 36.0 Å². The van der Waals surface area contributed by atoms with Crippen molar-refractivity contribution in [2.24, 2.45) is 33.8 Å². The number of fused-ring (bicyclic) bond motifs is 1. The van der Waals surface area contributed by atoms with E-state index in [1.807, 2.05) is 30.5 Å². The molecule has 1 aromatic carbocycles. The monoisotopic (exact) mass is 506 g/mol. The van der Waals surface area contributed by atoms with Gasteiger partial charge in [0.05, 0.1) is 12.6 Å². The lowest BCUT2D eigenvalue weighted by atomic mass is 10.0. The molecule has 0 radical (unpaired) electrons. The van der Waals surface area contributed by atoms with Crippen molar-refractivity contribution in [2.75, 3.05) is 20.2 Å². The Hall–Kier alpha value is -3.64. The van der Waals surface area contributed by atoms with Crippen LogP contribution in [0.4, 0.5) is 0 Å². The number of benzene rings is 1. The topological polar surface area (TPSA) is 228 Å². The molecule has 0 saturated carbocycles. The summed E-state index contributed by atoms with van der Waals surface area (Å²) >= 11 is 0. The first-order valence-corrected chi connectivity index (χ1v) is 11.7. The second kappa shape index (κ2) is 17.7. The molecule has 12 heteroatoms. The van der Waals surface area contributed by atoms with E-state index >= 15 is 0 Å². The average molecular weight is 507 g/mol. The van der Waals surface area contributed by atoms with Crippen LogP contribution in [0.5, 0.6) is 0 Å². The minimum absolute atomic E-state index is 0.0606. The number of carbonyl (C=O) groups excluding carboxylic acids is 3. The van der Waals surface area contributed by atoms with Gasteiger partial charge in [0, 0.05) is 30.8 Å². The fourth-order valence-electron chi connectivity index (χ4n) is 2.98. The number of hydrogen-bond donors (Lipinski definition) is 8. The van der Waals surface area contributed by atoms with Crippen LogP contribution < -0.4 is 33.6 Å². The normalized spacial score (nSPS) is 11.8. The molecular weight excluding hydrogens is 464 g/mol. The molecule has 202 valence electrons. The SMILES string of the molecule is CC(C)C.CO.NC(=O)CNC(=O)[C@H](CCCN=C(N)N)NC(=O)[C@H](N)Cc1c[nH]c2ccccc12. The second-order valence-electron chi connectivity index (χ2n) is 8.60. The van der Waals surface area contributed by atoms with E-state index in [0.29, 0.717) is 19.4 Å². The van der Waals surface area contributed by atoms with E-state index in [4.69, 9.17) is 28.0 Å². The molecule has 2 atom stereocenters. The van der Waals surface area contributed by atoms with Gasteiger partial charge in [-0.15, -0.1) is 0 Å². The number of aromatic amines is 1. The van der Waals surface area contributed by atoms with Crippen LogP contribution in [0.15, 0.2) is 35.5 Å². The molecule has 1 heterocycles. The number of aliphatic imine (C=N–C) groups is 1. The van der Waals surface area contributed by atoms with Gasteiger partial charge in [-0.25, -0.2) is 0 Å². The number of hydrogen-bond acceptors (Lipinski definition) is 6. The van der Waals surface area contributed by atoms with Crippen molar-refractivity contribution in [1.82, 2.24) is 15.6 Å². The van der Waals surface area contributed by atoms with Crippen molar-refractivity contribution < 1.29 is 19.5 Å². The zero-order valence-electron chi connectivity index (χ0n) is 21.6. The standard InChI is InChI=1S/C19H28N8O3.C4H10.CH4O/c20-13(8-11-9-25-14-5-2-1-4-12(11)14)17(29)27-15(6-3-7-24-19(22)23)18(30)26-10-16(21)28;1-4(2)3;1-2/h1-2,4-5,9,13,15,25H,3,6-8,10,20H2,(H2,21,28)(H,26,30)(H,27,29)(H4,22,23,24);4H,1-3H3;2H,1H3/t13-,15+;;/m1../s1. The van der Waals surface area contributed by atoms with Gasteiger partial charge in [0.1, 0.15) is 6.04 Å². The summed E-state index contributed by atoms with van der Waals surface area (Å²) in [7, 11) is 1.00. The number of primary amides is 1. The molecule has 0 spiro atoms. The lowest BCUT2D eigenvalue weighted by Crippen LogP contribution is -2.53. The van der Waals surface area contributed by atoms with Gasteiger partial charge in [-0.3, -0.25) is 19.4 Å². The first kappa shape index (κ1) is 32.4. The van der Waals surface area contributed by atoms with Crippen molar-refractivity contribution in [3.8, 4) is 0 Å². The van der Waals surface area contributed by atoms with Crippen LogP contribution in [0.25, 0.3) is 10.9 Å². The van der Waals surface area contributed by atoms with Gasteiger partial charge >= 0.3 is 0 Å². The summed E-state index contributed by atoms with van der Waals surface area (Å²) in [6.45, 7) is 6.46. The van der Waals surface area contributed by atoms with Crippen LogP contribution in [-0.4, -0.2) is 66.1 Å². The summed E-state index contributed by atoms with van der Waals surface area (Å²) in [5.41, 5.74) is 23.5. The minimum atomic E-state index is -0.903. The second-order valence-corrected chi connectivity index (χ2v) is 8.60. The summed E-state index contributed by atoms with van der Waals surface area (Å²) in [4.78, 5) is 42.9. The van der Waals surface area contributed by atoms with Crippen LogP contribution in [0, 0.1) is 5.92 Å². The van der Waals surface area contributed by atoms with Crippen molar-refractivity contribution >= 4 is 34.6 Å². The highest BCUT2D eigenvalue weighted by atomic mass is 16.2. The van der Waals surface area contributed by atoms with Gasteiger partial charge in [0.2, 0.25) is 17.7 Å². The molecule has 0 aliphatic rings. The summed E-state index contributed by atoms with van der Waals surface area (Å²) in [5, 5.41) is 13.0. The predicted molar refractivity (Wildman–Crippen MR) is 143 cm³/mol. The molecule has 36 heavy (non-hydrogen) atoms. The van der Waals surface area contributed by atoms with Crippen molar-refractivity contribution in [1.29, 1.82) is 0 Å². The fourth-order valence-corrected chi connectivity index (χ4v) is 2.98. The number of amides is 3. The zero-order chi connectivity index (χ0) is 27.7. The molecule has 0 bridgehead atoms. The Bertz CT molecular complexity index is 967. The summed E-state index contributed by atoms with van der Waals surface area (Å²) in [6.07, 6.45) is 2.79. The summed E-state index contributed by atoms with van der Waals surface area (Å²) in [6, 6.07) is 5.91. The molecule has 0 fully saturated rings. The van der Waals surface area contributed by atoms with Crippen LogP contribution in [0.3, 0.4) is 0 Å². The van der Waals surface area contributed by atoms with E-state index in [2.05, 4.69) is 41.4 Å². The number of H-pyrrole nitrogens is 1. The number of rotatable bonds is 11. The highest BCUT2D eigenvalue weighted by molar-refractivity contribution is 5.92. The van der Waals surface area contributed by atoms with E-state index in [9.17, 15) is 14.4 Å². The molecule has 0 aliphatic carbocycles. The Balaban J connectivity index is 0.00000185. The third-order valence-corrected chi connectivity index (χ3v) is 4.47. The maximum absolute atomic E-state index is 12.6. The molecule has 0 saturated heterocycles. The molecule has 12 N–H and O–H groups in total. The zero-order valence-corrected chi connectivity index (χ0v) is 21.6. The lowest BCUT2D eigenvalue weighted by Gasteiger charge is -2.20. The number of para-hydroxylation sites is 1. The lowest BCUT2D eigenvalue weighted by molar-refractivity contribution is -0.130. The number of guanidine groups is 1. The number of nitrogens with zero attached hydrogens (tertiary/aromatic N) is 1. The molecule has 0 unspecified atom stereocenters. The highest BCUT2D eigenvalue weighted by Crippen LogP contribution is 2.18. The smallest absolute Gasteiger partial charge is 0.243 e. The van der Waals surface area contributed by atoms with Crippen LogP contribution in [-0.2, 0) is 20.8 Å². The third-order valence-electron chi connectivity index (χ3n) is 4.47. The molecule has 0 aliphatic heterocycles. The first-order valence-electron chi connectivity index (χ1n) is 11.7. The molecular formula is C24H42N8O4. The van der Waals surface area contributed by atoms with Gasteiger partial charge in [0.25, 0.3) is 0 Å². The largest absolute Gasteiger partial charge is 0.400 e. The Morgan fingerprint density at radius 1 is 1.06 bits per heavy atom. The fraction of sp³-hybridized carbons (Fsp3) is 0.500. The van der Waals surface area contributed by atoms with Gasteiger partial charge in [-0.05, 0) is 36.8 Å². The maximum atomic E-state index is 12.6. The number of aromatic nitrogens is 1. The predicted octanol–water partition coefficient (Wildman–Crippen LogP) is -0.552. The van der Waals surface area contributed by atoms with E-state index in [1.54, 1.807) is 0 Å². The number of nitrogens with one attached hydrogen (secondary N) is 3. The van der Waals surface area contributed by atoms with Gasteiger partial charge in [-0.2, -0.15) is 0 Å². The van der Waals surface area contributed by atoms with Crippen molar-refractivity contribution in [2.45, 2.75) is 52.1 Å². The molecule has 2 aromatic rings. The molecule has 2 rings (SSSR count). The van der Waals surface area contributed by atoms with Crippen LogP contribution in [0.1, 0.15) is 39.2 Å². The van der Waals surface area contributed by atoms with E-state index in [1.165, 1.54) is 0 Å². The molecule has 1 aromatic heterocycles. The van der Waals surface area contributed by atoms with E-state index < -0.39 is 29.8 Å².